The number of aromatic nitrogens is 2. The minimum Gasteiger partial charge on any atom is -0.267 e. The van der Waals surface area contributed by atoms with E-state index in [0.717, 1.165) is 36.6 Å². The summed E-state index contributed by atoms with van der Waals surface area (Å²) in [5.74, 6) is 0. The number of sulfonamides is 1. The predicted molar refractivity (Wildman–Crippen MR) is 115 cm³/mol. The number of hydrogen-bond donors (Lipinski definition) is 1. The van der Waals surface area contributed by atoms with Gasteiger partial charge in [-0.05, 0) is 37.5 Å². The predicted octanol–water partition coefficient (Wildman–Crippen LogP) is 3.92. The van der Waals surface area contributed by atoms with E-state index in [4.69, 9.17) is 10.2 Å². The fourth-order valence-corrected chi connectivity index (χ4v) is 4.65. The van der Waals surface area contributed by atoms with E-state index in [1.165, 1.54) is 6.42 Å². The van der Waals surface area contributed by atoms with Crippen LogP contribution in [0.2, 0.25) is 0 Å². The van der Waals surface area contributed by atoms with Crippen molar-refractivity contribution in [2.75, 3.05) is 0 Å². The van der Waals surface area contributed by atoms with Crippen molar-refractivity contribution in [3.63, 3.8) is 0 Å². The van der Waals surface area contributed by atoms with Crippen LogP contribution in [0.15, 0.2) is 53.3 Å². The van der Waals surface area contributed by atoms with E-state index >= 15 is 0 Å². The third-order valence-corrected chi connectivity index (χ3v) is 7.13. The average molecular weight is 412 g/mol. The molecule has 1 fully saturated rings. The minimum atomic E-state index is -3.70. The van der Waals surface area contributed by atoms with Gasteiger partial charge < -0.3 is 0 Å². The molecule has 1 atom stereocenters. The fourth-order valence-electron chi connectivity index (χ4n) is 4.12. The standard InChI is InChI=1S/C22H25N3O3S/c1-15(29(23,27)28)16-8-7-9-17(14-16)21-19-12-5-6-13-20(19)22(26)25(24-21)18-10-3-2-4-11-18/h5-9,12-15,18H,2-4,10-11H2,1H3,(H2,23,27,28). The summed E-state index contributed by atoms with van der Waals surface area (Å²) in [6.07, 6.45) is 5.30. The van der Waals surface area contributed by atoms with Gasteiger partial charge in [-0.2, -0.15) is 5.10 Å². The molecule has 2 N–H and O–H groups in total. The van der Waals surface area contributed by atoms with E-state index in [1.807, 2.05) is 30.3 Å². The highest BCUT2D eigenvalue weighted by molar-refractivity contribution is 7.89. The van der Waals surface area contributed by atoms with Gasteiger partial charge in [-0.3, -0.25) is 4.79 Å². The summed E-state index contributed by atoms with van der Waals surface area (Å²) < 4.78 is 25.3. The molecule has 1 aliphatic carbocycles. The molecule has 0 aliphatic heterocycles. The maximum absolute atomic E-state index is 13.1. The second kappa shape index (κ2) is 7.72. The second-order valence-corrected chi connectivity index (χ2v) is 9.68. The molecule has 1 aliphatic rings. The summed E-state index contributed by atoms with van der Waals surface area (Å²) in [4.78, 5) is 13.1. The number of rotatable bonds is 4. The van der Waals surface area contributed by atoms with Crippen LogP contribution in [0.4, 0.5) is 0 Å². The first-order valence-corrected chi connectivity index (χ1v) is 11.6. The highest BCUT2D eigenvalue weighted by Crippen LogP contribution is 2.31. The Bertz CT molecular complexity index is 1210. The van der Waals surface area contributed by atoms with Gasteiger partial charge in [0.05, 0.1) is 22.4 Å². The van der Waals surface area contributed by atoms with Crippen molar-refractivity contribution in [3.05, 3.63) is 64.4 Å². The van der Waals surface area contributed by atoms with Crippen molar-refractivity contribution < 1.29 is 8.42 Å². The van der Waals surface area contributed by atoms with Gasteiger partial charge in [0.15, 0.2) is 0 Å². The number of benzene rings is 2. The van der Waals surface area contributed by atoms with Crippen molar-refractivity contribution in [1.82, 2.24) is 9.78 Å². The van der Waals surface area contributed by atoms with Gasteiger partial charge in [0.2, 0.25) is 10.0 Å². The summed E-state index contributed by atoms with van der Waals surface area (Å²) in [5.41, 5.74) is 2.00. The van der Waals surface area contributed by atoms with Gasteiger partial charge in [-0.15, -0.1) is 0 Å². The summed E-state index contributed by atoms with van der Waals surface area (Å²) in [6.45, 7) is 1.57. The van der Waals surface area contributed by atoms with E-state index in [-0.39, 0.29) is 11.6 Å². The van der Waals surface area contributed by atoms with Crippen LogP contribution < -0.4 is 10.7 Å². The third kappa shape index (κ3) is 3.84. The number of hydrogen-bond acceptors (Lipinski definition) is 4. The third-order valence-electron chi connectivity index (χ3n) is 5.87. The summed E-state index contributed by atoms with van der Waals surface area (Å²) in [7, 11) is -3.70. The van der Waals surface area contributed by atoms with E-state index < -0.39 is 15.3 Å². The molecule has 0 radical (unpaired) electrons. The molecule has 0 saturated heterocycles. The highest BCUT2D eigenvalue weighted by atomic mass is 32.2. The summed E-state index contributed by atoms with van der Waals surface area (Å²) >= 11 is 0. The highest BCUT2D eigenvalue weighted by Gasteiger charge is 2.22. The smallest absolute Gasteiger partial charge is 0.267 e. The number of nitrogens with zero attached hydrogens (tertiary/aromatic N) is 2. The fraction of sp³-hybridized carbons (Fsp3) is 0.364. The van der Waals surface area contributed by atoms with E-state index in [2.05, 4.69) is 0 Å². The maximum Gasteiger partial charge on any atom is 0.274 e. The molecule has 1 saturated carbocycles. The SMILES string of the molecule is CC(c1cccc(-c2nn(C3CCCCC3)c(=O)c3ccccc23)c1)S(N)(=O)=O. The van der Waals surface area contributed by atoms with E-state index in [0.29, 0.717) is 16.6 Å². The first-order chi connectivity index (χ1) is 13.9. The molecular formula is C22H25N3O3S. The van der Waals surface area contributed by atoms with Crippen LogP contribution in [-0.4, -0.2) is 18.2 Å². The van der Waals surface area contributed by atoms with Crippen LogP contribution in [0.25, 0.3) is 22.0 Å². The van der Waals surface area contributed by atoms with Gasteiger partial charge in [-0.1, -0.05) is 55.7 Å². The zero-order valence-corrected chi connectivity index (χ0v) is 17.2. The zero-order valence-electron chi connectivity index (χ0n) is 16.4. The van der Waals surface area contributed by atoms with Crippen LogP contribution in [0.5, 0.6) is 0 Å². The Kier molecular flexibility index (Phi) is 5.27. The Labute approximate surface area is 170 Å². The number of primary sulfonamides is 1. The van der Waals surface area contributed by atoms with Gasteiger partial charge in [-0.25, -0.2) is 18.2 Å². The van der Waals surface area contributed by atoms with Gasteiger partial charge in [0.1, 0.15) is 0 Å². The molecule has 1 unspecified atom stereocenters. The molecule has 152 valence electrons. The number of nitrogens with two attached hydrogens (primary N) is 1. The summed E-state index contributed by atoms with van der Waals surface area (Å²) in [6, 6.07) is 14.8. The molecule has 0 spiro atoms. The molecule has 29 heavy (non-hydrogen) atoms. The Morgan fingerprint density at radius 2 is 1.72 bits per heavy atom. The monoisotopic (exact) mass is 411 g/mol. The Balaban J connectivity index is 1.92. The van der Waals surface area contributed by atoms with Gasteiger partial charge in [0, 0.05) is 10.9 Å². The molecule has 1 aromatic heterocycles. The van der Waals surface area contributed by atoms with Crippen molar-refractivity contribution in [2.45, 2.75) is 50.3 Å². The first-order valence-electron chi connectivity index (χ1n) is 10.00. The van der Waals surface area contributed by atoms with Crippen LogP contribution in [0.3, 0.4) is 0 Å². The first kappa shape index (κ1) is 19.8. The van der Waals surface area contributed by atoms with Crippen molar-refractivity contribution in [2.24, 2.45) is 5.14 Å². The zero-order chi connectivity index (χ0) is 20.6. The average Bonchev–Trinajstić information content (AvgIpc) is 2.74. The molecule has 2 aromatic carbocycles. The lowest BCUT2D eigenvalue weighted by Crippen LogP contribution is -2.29. The van der Waals surface area contributed by atoms with Crippen molar-refractivity contribution in [1.29, 1.82) is 0 Å². The van der Waals surface area contributed by atoms with Crippen LogP contribution in [0.1, 0.15) is 55.9 Å². The topological polar surface area (TPSA) is 95.0 Å². The molecule has 4 rings (SSSR count). The lowest BCUT2D eigenvalue weighted by Gasteiger charge is -2.24. The maximum atomic E-state index is 13.1. The summed E-state index contributed by atoms with van der Waals surface area (Å²) in [5, 5.41) is 10.7. The van der Waals surface area contributed by atoms with E-state index in [9.17, 15) is 13.2 Å². The second-order valence-electron chi connectivity index (χ2n) is 7.79. The molecule has 1 heterocycles. The van der Waals surface area contributed by atoms with Crippen molar-refractivity contribution >= 4 is 20.8 Å². The molecule has 0 bridgehead atoms. The van der Waals surface area contributed by atoms with Crippen LogP contribution >= 0.6 is 0 Å². The van der Waals surface area contributed by atoms with Gasteiger partial charge in [0.25, 0.3) is 5.56 Å². The molecule has 3 aromatic rings. The van der Waals surface area contributed by atoms with E-state index in [1.54, 1.807) is 29.8 Å². The lowest BCUT2D eigenvalue weighted by atomic mass is 9.95. The molecule has 7 heteroatoms. The van der Waals surface area contributed by atoms with Gasteiger partial charge >= 0.3 is 0 Å². The molecular weight excluding hydrogens is 386 g/mol. The molecule has 6 nitrogen and oxygen atoms in total. The van der Waals surface area contributed by atoms with Crippen LogP contribution in [0, 0.1) is 0 Å². The largest absolute Gasteiger partial charge is 0.274 e. The van der Waals surface area contributed by atoms with Crippen molar-refractivity contribution in [3.8, 4) is 11.3 Å². The molecule has 0 amide bonds. The minimum absolute atomic E-state index is 0.0645. The Hall–Kier alpha value is -2.51. The quantitative estimate of drug-likeness (QED) is 0.704. The number of fused-ring (bicyclic) bond motifs is 1. The Morgan fingerprint density at radius 1 is 1.03 bits per heavy atom. The Morgan fingerprint density at radius 3 is 2.41 bits per heavy atom. The van der Waals surface area contributed by atoms with Crippen LogP contribution in [-0.2, 0) is 10.0 Å². The normalized spacial score (nSPS) is 16.8. The lowest BCUT2D eigenvalue weighted by molar-refractivity contribution is 0.321.